The zero-order valence-electron chi connectivity index (χ0n) is 11.7. The third kappa shape index (κ3) is 2.32. The summed E-state index contributed by atoms with van der Waals surface area (Å²) in [5.74, 6) is -0.634. The first-order chi connectivity index (χ1) is 9.35. The molecule has 1 N–H and O–H groups in total. The molecule has 2 aliphatic rings. The Bertz CT molecular complexity index is 632. The van der Waals surface area contributed by atoms with E-state index in [2.05, 4.69) is 4.98 Å². The highest BCUT2D eigenvalue weighted by atomic mass is 16.7. The summed E-state index contributed by atoms with van der Waals surface area (Å²) in [4.78, 5) is 25.5. The van der Waals surface area contributed by atoms with Gasteiger partial charge in [0.1, 0.15) is 12.3 Å². The smallest absolute Gasteiger partial charge is 0.330 e. The Morgan fingerprint density at radius 2 is 2.10 bits per heavy atom. The van der Waals surface area contributed by atoms with Crippen LogP contribution in [0, 0.1) is 6.92 Å². The Balaban J connectivity index is 1.86. The van der Waals surface area contributed by atoms with Crippen molar-refractivity contribution in [2.24, 2.45) is 0 Å². The van der Waals surface area contributed by atoms with Gasteiger partial charge in [-0.2, -0.15) is 0 Å². The largest absolute Gasteiger partial charge is 0.349 e. The van der Waals surface area contributed by atoms with E-state index in [4.69, 9.17) is 14.2 Å². The number of nitrogens with zero attached hydrogens (tertiary/aromatic N) is 1. The molecule has 1 aromatic rings. The summed E-state index contributed by atoms with van der Waals surface area (Å²) in [5.41, 5.74) is -0.368. The van der Waals surface area contributed by atoms with Crippen LogP contribution in [-0.4, -0.2) is 34.2 Å². The second-order valence-corrected chi connectivity index (χ2v) is 5.71. The van der Waals surface area contributed by atoms with Crippen LogP contribution in [-0.2, 0) is 14.2 Å². The minimum Gasteiger partial charge on any atom is -0.349 e. The molecule has 110 valence electrons. The van der Waals surface area contributed by atoms with Crippen molar-refractivity contribution in [3.8, 4) is 0 Å². The first-order valence-electron chi connectivity index (χ1n) is 6.65. The molecule has 7 heteroatoms. The molecular weight excluding hydrogens is 264 g/mol. The van der Waals surface area contributed by atoms with Gasteiger partial charge in [0.15, 0.2) is 5.79 Å². The summed E-state index contributed by atoms with van der Waals surface area (Å²) < 4.78 is 18.6. The number of aryl methyl sites for hydroxylation is 1. The Morgan fingerprint density at radius 3 is 2.85 bits per heavy atom. The maximum Gasteiger partial charge on any atom is 0.330 e. The number of fused-ring (bicyclic) bond motifs is 1. The Labute approximate surface area is 115 Å². The minimum atomic E-state index is -0.634. The van der Waals surface area contributed by atoms with Crippen LogP contribution in [0.3, 0.4) is 0 Å². The second-order valence-electron chi connectivity index (χ2n) is 5.71. The van der Waals surface area contributed by atoms with Gasteiger partial charge in [-0.3, -0.25) is 14.3 Å². The van der Waals surface area contributed by atoms with E-state index >= 15 is 0 Å². The quantitative estimate of drug-likeness (QED) is 0.800. The molecule has 2 fully saturated rings. The number of rotatable bonds is 1. The number of H-pyrrole nitrogens is 1. The lowest BCUT2D eigenvalue weighted by molar-refractivity contribution is -0.293. The van der Waals surface area contributed by atoms with Gasteiger partial charge in [-0.1, -0.05) is 0 Å². The van der Waals surface area contributed by atoms with Crippen molar-refractivity contribution >= 4 is 0 Å². The van der Waals surface area contributed by atoms with E-state index in [0.717, 1.165) is 0 Å². The Kier molecular flexibility index (Phi) is 3.07. The van der Waals surface area contributed by atoms with Gasteiger partial charge >= 0.3 is 5.69 Å². The molecule has 3 heterocycles. The first kappa shape index (κ1) is 13.5. The molecule has 2 aliphatic heterocycles. The second kappa shape index (κ2) is 4.54. The molecule has 20 heavy (non-hydrogen) atoms. The fourth-order valence-electron chi connectivity index (χ4n) is 2.63. The van der Waals surface area contributed by atoms with Crippen molar-refractivity contribution in [1.29, 1.82) is 0 Å². The Hall–Kier alpha value is -1.44. The lowest BCUT2D eigenvalue weighted by atomic mass is 10.1. The summed E-state index contributed by atoms with van der Waals surface area (Å²) in [6.07, 6.45) is 1.35. The van der Waals surface area contributed by atoms with Crippen LogP contribution in [0.5, 0.6) is 0 Å². The summed E-state index contributed by atoms with van der Waals surface area (Å²) in [6, 6.07) is 0. The van der Waals surface area contributed by atoms with Gasteiger partial charge in [0.2, 0.25) is 0 Å². The first-order valence-corrected chi connectivity index (χ1v) is 6.65. The van der Waals surface area contributed by atoms with E-state index in [9.17, 15) is 9.59 Å². The van der Waals surface area contributed by atoms with Gasteiger partial charge in [0.25, 0.3) is 5.56 Å². The van der Waals surface area contributed by atoms with Gasteiger partial charge in [-0.25, -0.2) is 4.79 Å². The van der Waals surface area contributed by atoms with Crippen molar-refractivity contribution in [2.75, 3.05) is 6.61 Å². The number of hydrogen-bond donors (Lipinski definition) is 1. The lowest BCUT2D eigenvalue weighted by Gasteiger charge is -2.36. The fraction of sp³-hybridized carbons (Fsp3) is 0.692. The zero-order chi connectivity index (χ0) is 14.5. The van der Waals surface area contributed by atoms with Gasteiger partial charge in [0, 0.05) is 18.2 Å². The number of hydrogen-bond acceptors (Lipinski definition) is 5. The molecule has 2 saturated heterocycles. The van der Waals surface area contributed by atoms with E-state index in [0.29, 0.717) is 18.6 Å². The van der Waals surface area contributed by atoms with Crippen LogP contribution >= 0.6 is 0 Å². The van der Waals surface area contributed by atoms with Crippen molar-refractivity contribution < 1.29 is 14.2 Å². The van der Waals surface area contributed by atoms with Crippen LogP contribution in [0.25, 0.3) is 0 Å². The van der Waals surface area contributed by atoms with Gasteiger partial charge in [-0.15, -0.1) is 0 Å². The molecule has 3 rings (SSSR count). The molecule has 3 atom stereocenters. The summed E-state index contributed by atoms with van der Waals surface area (Å²) >= 11 is 0. The lowest BCUT2D eigenvalue weighted by Crippen LogP contribution is -2.46. The number of nitrogens with one attached hydrogen (secondary N) is 1. The molecule has 0 unspecified atom stereocenters. The summed E-state index contributed by atoms with van der Waals surface area (Å²) in [5, 5.41) is 0. The predicted octanol–water partition coefficient (Wildman–Crippen LogP) is 0.284. The maximum absolute atomic E-state index is 11.9. The molecule has 0 bridgehead atoms. The van der Waals surface area contributed by atoms with E-state index in [1.54, 1.807) is 6.92 Å². The highest BCUT2D eigenvalue weighted by molar-refractivity contribution is 5.02. The van der Waals surface area contributed by atoms with E-state index in [-0.39, 0.29) is 17.8 Å². The zero-order valence-corrected chi connectivity index (χ0v) is 11.7. The molecule has 0 radical (unpaired) electrons. The summed E-state index contributed by atoms with van der Waals surface area (Å²) in [7, 11) is 0. The average molecular weight is 282 g/mol. The summed E-state index contributed by atoms with van der Waals surface area (Å²) in [6.45, 7) is 5.80. The van der Waals surface area contributed by atoms with Crippen LogP contribution in [0.2, 0.25) is 0 Å². The molecule has 0 spiro atoms. The standard InChI is InChI=1S/C13H18N2O5/c1-7-5-15(12(17)14-11(7)16)10-4-8-9(19-10)6-18-13(2,3)20-8/h5,8-10H,4,6H2,1-3H3,(H,14,16,17)/t8-,9+,10+/m0/s1. The van der Waals surface area contributed by atoms with Crippen molar-refractivity contribution in [2.45, 2.75) is 51.4 Å². The van der Waals surface area contributed by atoms with Gasteiger partial charge in [-0.05, 0) is 20.8 Å². The number of aromatic amines is 1. The average Bonchev–Trinajstić information content (AvgIpc) is 2.74. The van der Waals surface area contributed by atoms with Gasteiger partial charge in [0.05, 0.1) is 12.7 Å². The van der Waals surface area contributed by atoms with E-state index in [1.165, 1.54) is 10.8 Å². The number of aromatic nitrogens is 2. The third-order valence-electron chi connectivity index (χ3n) is 3.67. The van der Waals surface area contributed by atoms with Crippen LogP contribution in [0.1, 0.15) is 32.1 Å². The predicted molar refractivity (Wildman–Crippen MR) is 69.5 cm³/mol. The fourth-order valence-corrected chi connectivity index (χ4v) is 2.63. The monoisotopic (exact) mass is 282 g/mol. The minimum absolute atomic E-state index is 0.108. The third-order valence-corrected chi connectivity index (χ3v) is 3.67. The maximum atomic E-state index is 11.9. The molecule has 0 aromatic carbocycles. The normalized spacial score (nSPS) is 32.0. The van der Waals surface area contributed by atoms with Crippen molar-refractivity contribution in [3.63, 3.8) is 0 Å². The van der Waals surface area contributed by atoms with Crippen LogP contribution in [0.15, 0.2) is 15.8 Å². The van der Waals surface area contributed by atoms with Crippen LogP contribution < -0.4 is 11.2 Å². The van der Waals surface area contributed by atoms with Crippen molar-refractivity contribution in [3.05, 3.63) is 32.6 Å². The SMILES string of the molecule is Cc1cn([C@H]2C[C@@H]3OC(C)(C)OC[C@H]3O2)c(=O)[nH]c1=O. The highest BCUT2D eigenvalue weighted by Crippen LogP contribution is 2.36. The molecule has 7 nitrogen and oxygen atoms in total. The van der Waals surface area contributed by atoms with E-state index in [1.807, 2.05) is 13.8 Å². The molecule has 0 saturated carbocycles. The van der Waals surface area contributed by atoms with Crippen LogP contribution in [0.4, 0.5) is 0 Å². The van der Waals surface area contributed by atoms with Crippen molar-refractivity contribution in [1.82, 2.24) is 9.55 Å². The molecule has 0 amide bonds. The molecular formula is C13H18N2O5. The Morgan fingerprint density at radius 1 is 1.35 bits per heavy atom. The van der Waals surface area contributed by atoms with E-state index < -0.39 is 17.7 Å². The number of ether oxygens (including phenoxy) is 3. The highest BCUT2D eigenvalue weighted by Gasteiger charge is 2.44. The van der Waals surface area contributed by atoms with Gasteiger partial charge < -0.3 is 14.2 Å². The molecule has 1 aromatic heterocycles. The molecule has 0 aliphatic carbocycles. The topological polar surface area (TPSA) is 82.6 Å².